The summed E-state index contributed by atoms with van der Waals surface area (Å²) in [5.41, 5.74) is 6.52. The van der Waals surface area contributed by atoms with Crippen molar-refractivity contribution in [1.29, 1.82) is 0 Å². The third kappa shape index (κ3) is 2.87. The van der Waals surface area contributed by atoms with Crippen LogP contribution in [0.5, 0.6) is 0 Å². The molecule has 0 aromatic carbocycles. The molecule has 0 spiro atoms. The van der Waals surface area contributed by atoms with Gasteiger partial charge in [0.25, 0.3) is 5.69 Å². The Bertz CT molecular complexity index is 408. The molecule has 6 heteroatoms. The zero-order chi connectivity index (χ0) is 13.0. The number of nitrogens with one attached hydrogen (secondary N) is 1. The monoisotopic (exact) mass is 253 g/mol. The van der Waals surface area contributed by atoms with E-state index in [0.717, 1.165) is 18.5 Å². The highest BCUT2D eigenvalue weighted by molar-refractivity contribution is 5.87. The average molecular weight is 253 g/mol. The lowest BCUT2D eigenvalue weighted by atomic mass is 10.1. The lowest BCUT2D eigenvalue weighted by Crippen LogP contribution is -2.45. The van der Waals surface area contributed by atoms with E-state index in [0.29, 0.717) is 18.5 Å². The number of rotatable bonds is 3. The smallest absolute Gasteiger partial charge is 0.306 e. The van der Waals surface area contributed by atoms with Crippen molar-refractivity contribution in [2.45, 2.75) is 58.0 Å². The second kappa shape index (κ2) is 5.95. The molecule has 1 amide bonds. The number of carbonyl (C=O) groups excluding carboxylic acids is 1. The van der Waals surface area contributed by atoms with E-state index < -0.39 is 0 Å². The van der Waals surface area contributed by atoms with Crippen LogP contribution in [0.1, 0.15) is 57.2 Å². The lowest BCUT2D eigenvalue weighted by molar-refractivity contribution is -0.791. The van der Waals surface area contributed by atoms with Crippen LogP contribution in [0.4, 0.5) is 5.88 Å². The lowest BCUT2D eigenvalue weighted by Gasteiger charge is -2.04. The summed E-state index contributed by atoms with van der Waals surface area (Å²) in [6.07, 6.45) is 7.19. The summed E-state index contributed by atoms with van der Waals surface area (Å²) in [5.74, 6) is 0.211. The van der Waals surface area contributed by atoms with Gasteiger partial charge in [0.15, 0.2) is 6.04 Å². The summed E-state index contributed by atoms with van der Waals surface area (Å²) in [6.45, 7) is 1.76. The van der Waals surface area contributed by atoms with Gasteiger partial charge in [0.1, 0.15) is 0 Å². The van der Waals surface area contributed by atoms with Crippen LogP contribution in [-0.4, -0.2) is 11.2 Å². The second-order valence-corrected chi connectivity index (χ2v) is 4.82. The Morgan fingerprint density at radius 1 is 1.44 bits per heavy atom. The van der Waals surface area contributed by atoms with Gasteiger partial charge in [-0.15, -0.1) is 0 Å². The molecule has 1 saturated carbocycles. The van der Waals surface area contributed by atoms with Gasteiger partial charge in [-0.2, -0.15) is 0 Å². The van der Waals surface area contributed by atoms with Crippen LogP contribution in [0.25, 0.3) is 0 Å². The van der Waals surface area contributed by atoms with E-state index in [9.17, 15) is 4.79 Å². The number of carbonyl (C=O) groups is 1. The van der Waals surface area contributed by atoms with Gasteiger partial charge >= 0.3 is 5.88 Å². The topological polar surface area (TPSA) is 85.0 Å². The molecule has 1 heterocycles. The summed E-state index contributed by atoms with van der Waals surface area (Å²) in [6, 6.07) is 0.345. The van der Waals surface area contributed by atoms with Crippen LogP contribution < -0.4 is 15.7 Å². The molecule has 0 radical (unpaired) electrons. The number of hydrogen-bond donors (Lipinski definition) is 2. The zero-order valence-electron chi connectivity index (χ0n) is 10.8. The Morgan fingerprint density at radius 2 is 2.11 bits per heavy atom. The van der Waals surface area contributed by atoms with Gasteiger partial charge in [0.05, 0.1) is 6.54 Å². The number of amides is 1. The summed E-state index contributed by atoms with van der Waals surface area (Å²) in [5, 5.41) is 6.68. The van der Waals surface area contributed by atoms with E-state index in [1.807, 2.05) is 4.68 Å². The van der Waals surface area contributed by atoms with Crippen molar-refractivity contribution >= 4 is 11.8 Å². The van der Waals surface area contributed by atoms with Crippen molar-refractivity contribution < 1.29 is 14.0 Å². The van der Waals surface area contributed by atoms with Crippen LogP contribution >= 0.6 is 0 Å². The fourth-order valence-electron chi connectivity index (χ4n) is 2.52. The highest BCUT2D eigenvalue weighted by Crippen LogP contribution is 2.24. The van der Waals surface area contributed by atoms with Crippen LogP contribution in [0.15, 0.2) is 4.52 Å². The largest absolute Gasteiger partial charge is 0.321 e. The van der Waals surface area contributed by atoms with Crippen molar-refractivity contribution in [2.75, 3.05) is 5.32 Å². The van der Waals surface area contributed by atoms with Gasteiger partial charge in [-0.3, -0.25) is 14.6 Å². The number of nitrogens with two attached hydrogens (primary N) is 1. The molecule has 6 nitrogen and oxygen atoms in total. The maximum atomic E-state index is 11.1. The summed E-state index contributed by atoms with van der Waals surface area (Å²) < 4.78 is 7.05. The normalized spacial score (nSPS) is 17.4. The minimum absolute atomic E-state index is 0.172. The zero-order valence-corrected chi connectivity index (χ0v) is 10.8. The molecule has 1 aromatic heterocycles. The van der Waals surface area contributed by atoms with Crippen molar-refractivity contribution in [3.8, 4) is 0 Å². The van der Waals surface area contributed by atoms with Crippen LogP contribution in [0.2, 0.25) is 0 Å². The van der Waals surface area contributed by atoms with E-state index in [4.69, 9.17) is 10.3 Å². The average Bonchev–Trinajstić information content (AvgIpc) is 2.57. The second-order valence-electron chi connectivity index (χ2n) is 4.82. The maximum absolute atomic E-state index is 11.1. The molecule has 1 aliphatic rings. The van der Waals surface area contributed by atoms with Gasteiger partial charge in [-0.1, -0.05) is 12.8 Å². The van der Waals surface area contributed by atoms with Gasteiger partial charge in [-0.25, -0.2) is 0 Å². The predicted octanol–water partition coefficient (Wildman–Crippen LogP) is 1.27. The van der Waals surface area contributed by atoms with Gasteiger partial charge in [-0.05, 0) is 17.5 Å². The Morgan fingerprint density at radius 3 is 2.67 bits per heavy atom. The molecule has 0 aliphatic heterocycles. The van der Waals surface area contributed by atoms with Gasteiger partial charge < -0.3 is 5.73 Å². The number of anilines is 1. The van der Waals surface area contributed by atoms with E-state index in [-0.39, 0.29) is 5.91 Å². The molecule has 0 bridgehead atoms. The number of hydrogen-bond acceptors (Lipinski definition) is 4. The minimum Gasteiger partial charge on any atom is -0.321 e. The highest BCUT2D eigenvalue weighted by Gasteiger charge is 2.31. The Hall–Kier alpha value is -1.43. The van der Waals surface area contributed by atoms with E-state index >= 15 is 0 Å². The molecule has 0 unspecified atom stereocenters. The predicted molar refractivity (Wildman–Crippen MR) is 65.6 cm³/mol. The molecule has 0 saturated heterocycles. The molecule has 0 atom stereocenters. The van der Waals surface area contributed by atoms with E-state index in [1.54, 1.807) is 0 Å². The first kappa shape index (κ1) is 13.0. The van der Waals surface area contributed by atoms with Crippen LogP contribution in [0.3, 0.4) is 0 Å². The van der Waals surface area contributed by atoms with Crippen molar-refractivity contribution in [3.63, 3.8) is 0 Å². The first-order valence-corrected chi connectivity index (χ1v) is 6.60. The molecule has 18 heavy (non-hydrogen) atoms. The first-order valence-electron chi connectivity index (χ1n) is 6.60. The van der Waals surface area contributed by atoms with Gasteiger partial charge in [0.2, 0.25) is 11.2 Å². The summed E-state index contributed by atoms with van der Waals surface area (Å²) in [7, 11) is 0. The van der Waals surface area contributed by atoms with Crippen molar-refractivity contribution in [2.24, 2.45) is 5.73 Å². The Balaban J connectivity index is 2.20. The summed E-state index contributed by atoms with van der Waals surface area (Å²) >= 11 is 0. The van der Waals surface area contributed by atoms with Crippen LogP contribution in [0, 0.1) is 0 Å². The van der Waals surface area contributed by atoms with E-state index in [2.05, 4.69) is 10.6 Å². The molecular formula is C12H21N4O2+. The van der Waals surface area contributed by atoms with Gasteiger partial charge in [0, 0.05) is 19.8 Å². The molecule has 100 valence electrons. The van der Waals surface area contributed by atoms with Crippen LogP contribution in [-0.2, 0) is 11.3 Å². The molecule has 1 fully saturated rings. The third-order valence-electron chi connectivity index (χ3n) is 3.41. The third-order valence-corrected chi connectivity index (χ3v) is 3.41. The SMILES string of the molecule is CC(=O)Nc1on[n+](C2CCCCCC2)c1CN. The molecule has 2 rings (SSSR count). The molecule has 1 aromatic rings. The summed E-state index contributed by atoms with van der Waals surface area (Å²) in [4.78, 5) is 11.1. The number of aromatic nitrogens is 2. The highest BCUT2D eigenvalue weighted by atomic mass is 16.5. The quantitative estimate of drug-likeness (QED) is 0.627. The van der Waals surface area contributed by atoms with Crippen molar-refractivity contribution in [3.05, 3.63) is 5.69 Å². The Labute approximate surface area is 106 Å². The Kier molecular flexibility index (Phi) is 4.30. The van der Waals surface area contributed by atoms with E-state index in [1.165, 1.54) is 32.6 Å². The fraction of sp³-hybridized carbons (Fsp3) is 0.750. The molecule has 3 N–H and O–H groups in total. The maximum Gasteiger partial charge on any atom is 0.306 e. The molecule has 1 aliphatic carbocycles. The first-order chi connectivity index (χ1) is 8.72. The van der Waals surface area contributed by atoms with Crippen molar-refractivity contribution in [1.82, 2.24) is 5.27 Å². The minimum atomic E-state index is -0.172. The number of nitrogens with zero attached hydrogens (tertiary/aromatic N) is 2. The fourth-order valence-corrected chi connectivity index (χ4v) is 2.52. The standard InChI is InChI=1S/C12H20N4O2/c1-9(17)14-12-11(8-13)16(15-18-12)10-6-4-2-3-5-7-10/h10H,2-8,13H2,1H3/p+1. The molecular weight excluding hydrogens is 232 g/mol.